The fraction of sp³-hybridized carbons (Fsp3) is 0.429. The van der Waals surface area contributed by atoms with Crippen LogP contribution < -0.4 is 20.1 Å². The molecule has 0 fully saturated rings. The van der Waals surface area contributed by atoms with Crippen LogP contribution in [0.25, 0.3) is 0 Å². The van der Waals surface area contributed by atoms with Crippen molar-refractivity contribution in [2.24, 2.45) is 0 Å². The maximum Gasteiger partial charge on any atom is 0.161 e. The molecular formula is C21H30N2O3. The average molecular weight is 358 g/mol. The number of hydrogen-bond donors (Lipinski definition) is 3. The fourth-order valence-corrected chi connectivity index (χ4v) is 2.62. The number of benzene rings is 2. The Morgan fingerprint density at radius 2 is 1.81 bits per heavy atom. The van der Waals surface area contributed by atoms with E-state index in [9.17, 15) is 5.11 Å². The summed E-state index contributed by atoms with van der Waals surface area (Å²) < 4.78 is 11.4. The lowest BCUT2D eigenvalue weighted by Gasteiger charge is -2.13. The third-order valence-electron chi connectivity index (χ3n) is 3.95. The highest BCUT2D eigenvalue weighted by Gasteiger charge is 2.06. The second kappa shape index (κ2) is 10.8. The molecule has 0 saturated heterocycles. The number of aliphatic hydroxyl groups excluding tert-OH is 1. The summed E-state index contributed by atoms with van der Waals surface area (Å²) in [6.07, 6.45) is -0.313. The van der Waals surface area contributed by atoms with Crippen LogP contribution in [0.4, 0.5) is 0 Å². The Morgan fingerprint density at radius 1 is 1.00 bits per heavy atom. The number of rotatable bonds is 11. The van der Waals surface area contributed by atoms with Crippen LogP contribution in [-0.4, -0.2) is 38.0 Å². The molecule has 2 rings (SSSR count). The van der Waals surface area contributed by atoms with E-state index in [0.717, 1.165) is 42.3 Å². The molecule has 5 heteroatoms. The molecule has 0 spiro atoms. The van der Waals surface area contributed by atoms with Gasteiger partial charge < -0.3 is 25.2 Å². The van der Waals surface area contributed by atoms with Crippen molar-refractivity contribution in [3.63, 3.8) is 0 Å². The molecule has 0 radical (unpaired) electrons. The van der Waals surface area contributed by atoms with Crippen molar-refractivity contribution < 1.29 is 14.6 Å². The van der Waals surface area contributed by atoms with E-state index in [1.165, 1.54) is 5.56 Å². The van der Waals surface area contributed by atoms with E-state index < -0.39 is 0 Å². The number of ether oxygens (including phenoxy) is 2. The van der Waals surface area contributed by atoms with Crippen molar-refractivity contribution in [1.29, 1.82) is 0 Å². The lowest BCUT2D eigenvalue weighted by atomic mass is 10.1. The van der Waals surface area contributed by atoms with Crippen LogP contribution in [0.3, 0.4) is 0 Å². The quantitative estimate of drug-likeness (QED) is 0.539. The Morgan fingerprint density at radius 3 is 2.54 bits per heavy atom. The predicted molar refractivity (Wildman–Crippen MR) is 105 cm³/mol. The monoisotopic (exact) mass is 358 g/mol. The van der Waals surface area contributed by atoms with Crippen molar-refractivity contribution in [2.45, 2.75) is 33.1 Å². The van der Waals surface area contributed by atoms with E-state index in [2.05, 4.69) is 35.8 Å². The van der Waals surface area contributed by atoms with Gasteiger partial charge in [0, 0.05) is 26.2 Å². The minimum absolute atomic E-state index is 0.313. The number of nitrogens with one attached hydrogen (secondary N) is 2. The second-order valence-electron chi connectivity index (χ2n) is 6.49. The van der Waals surface area contributed by atoms with E-state index in [0.29, 0.717) is 13.2 Å². The van der Waals surface area contributed by atoms with Crippen molar-refractivity contribution in [3.8, 4) is 11.5 Å². The van der Waals surface area contributed by atoms with Gasteiger partial charge in [-0.15, -0.1) is 0 Å². The summed E-state index contributed by atoms with van der Waals surface area (Å²) in [6, 6.07) is 14.3. The maximum atomic E-state index is 9.19. The van der Waals surface area contributed by atoms with E-state index in [1.54, 1.807) is 14.0 Å². The molecule has 3 N–H and O–H groups in total. The third kappa shape index (κ3) is 7.04. The van der Waals surface area contributed by atoms with Gasteiger partial charge in [-0.2, -0.15) is 0 Å². The molecule has 26 heavy (non-hydrogen) atoms. The zero-order chi connectivity index (χ0) is 18.8. The van der Waals surface area contributed by atoms with E-state index >= 15 is 0 Å². The van der Waals surface area contributed by atoms with E-state index in [1.807, 2.05) is 24.3 Å². The van der Waals surface area contributed by atoms with Crippen molar-refractivity contribution in [2.75, 3.05) is 26.7 Å². The summed E-state index contributed by atoms with van der Waals surface area (Å²) in [6.45, 7) is 7.39. The molecule has 0 aliphatic carbocycles. The van der Waals surface area contributed by atoms with Gasteiger partial charge in [-0.3, -0.25) is 0 Å². The summed E-state index contributed by atoms with van der Waals surface area (Å²) in [5.41, 5.74) is 3.50. The molecule has 0 amide bonds. The highest BCUT2D eigenvalue weighted by atomic mass is 16.5. The van der Waals surface area contributed by atoms with Gasteiger partial charge in [0.05, 0.1) is 13.2 Å². The highest BCUT2D eigenvalue weighted by molar-refractivity contribution is 5.43. The first-order chi connectivity index (χ1) is 12.6. The smallest absolute Gasteiger partial charge is 0.161 e. The largest absolute Gasteiger partial charge is 0.493 e. The first-order valence-electron chi connectivity index (χ1n) is 9.03. The van der Waals surface area contributed by atoms with Crippen LogP contribution in [0.1, 0.15) is 23.6 Å². The molecule has 0 bridgehead atoms. The molecule has 0 aliphatic heterocycles. The molecule has 2 aromatic carbocycles. The lowest BCUT2D eigenvalue weighted by molar-refractivity contribution is 0.191. The van der Waals surface area contributed by atoms with Crippen LogP contribution in [0.2, 0.25) is 0 Å². The van der Waals surface area contributed by atoms with E-state index in [4.69, 9.17) is 9.47 Å². The molecule has 0 saturated carbocycles. The number of aryl methyl sites for hydroxylation is 1. The van der Waals surface area contributed by atoms with Crippen molar-refractivity contribution in [1.82, 2.24) is 10.6 Å². The summed E-state index contributed by atoms with van der Waals surface area (Å²) in [4.78, 5) is 0. The lowest BCUT2D eigenvalue weighted by Crippen LogP contribution is -2.31. The van der Waals surface area contributed by atoms with Crippen molar-refractivity contribution >= 4 is 0 Å². The summed E-state index contributed by atoms with van der Waals surface area (Å²) in [5, 5.41) is 15.7. The molecule has 2 aromatic rings. The normalized spacial score (nSPS) is 12.0. The Balaban J connectivity index is 1.82. The predicted octanol–water partition coefficient (Wildman–Crippen LogP) is 2.64. The summed E-state index contributed by atoms with van der Waals surface area (Å²) >= 11 is 0. The van der Waals surface area contributed by atoms with E-state index in [-0.39, 0.29) is 6.10 Å². The molecule has 1 atom stereocenters. The first kappa shape index (κ1) is 20.2. The minimum Gasteiger partial charge on any atom is -0.493 e. The average Bonchev–Trinajstić information content (AvgIpc) is 2.63. The van der Waals surface area contributed by atoms with Crippen molar-refractivity contribution in [3.05, 3.63) is 59.2 Å². The molecule has 0 heterocycles. The third-order valence-corrected chi connectivity index (χ3v) is 3.95. The van der Waals surface area contributed by atoms with Gasteiger partial charge >= 0.3 is 0 Å². The highest BCUT2D eigenvalue weighted by Crippen LogP contribution is 2.28. The number of methoxy groups -OCH3 is 1. The van der Waals surface area contributed by atoms with Crippen LogP contribution in [0, 0.1) is 6.92 Å². The molecule has 142 valence electrons. The number of hydrogen-bond acceptors (Lipinski definition) is 5. The summed E-state index contributed by atoms with van der Waals surface area (Å²) in [5.74, 6) is 1.49. The Bertz CT molecular complexity index is 674. The molecule has 0 aromatic heterocycles. The SMILES string of the molecule is COc1cc(CNCCNC[C@@H](C)O)ccc1OCc1cccc(C)c1. The van der Waals surface area contributed by atoms with Gasteiger partial charge in [-0.05, 0) is 37.1 Å². The molecule has 0 unspecified atom stereocenters. The fourth-order valence-electron chi connectivity index (χ4n) is 2.62. The molecular weight excluding hydrogens is 328 g/mol. The van der Waals surface area contributed by atoms with Gasteiger partial charge in [0.25, 0.3) is 0 Å². The van der Waals surface area contributed by atoms with Gasteiger partial charge in [0.15, 0.2) is 11.5 Å². The van der Waals surface area contributed by atoms with Gasteiger partial charge in [-0.25, -0.2) is 0 Å². The summed E-state index contributed by atoms with van der Waals surface area (Å²) in [7, 11) is 1.66. The molecule has 5 nitrogen and oxygen atoms in total. The van der Waals surface area contributed by atoms with Crippen LogP contribution >= 0.6 is 0 Å². The van der Waals surface area contributed by atoms with Crippen LogP contribution in [0.15, 0.2) is 42.5 Å². The van der Waals surface area contributed by atoms with Gasteiger partial charge in [0.1, 0.15) is 6.61 Å². The Hall–Kier alpha value is -2.08. The van der Waals surface area contributed by atoms with Crippen LogP contribution in [0.5, 0.6) is 11.5 Å². The van der Waals surface area contributed by atoms with Crippen LogP contribution in [-0.2, 0) is 13.2 Å². The standard InChI is InChI=1S/C21H30N2O3/c1-16-5-4-6-19(11-16)15-26-20-8-7-18(12-21(20)25-3)14-23-10-9-22-13-17(2)24/h4-8,11-12,17,22-24H,9-10,13-15H2,1-3H3/t17-/m1/s1. The Kier molecular flexibility index (Phi) is 8.41. The van der Waals surface area contributed by atoms with Gasteiger partial charge in [0.2, 0.25) is 0 Å². The molecule has 0 aliphatic rings. The second-order valence-corrected chi connectivity index (χ2v) is 6.49. The topological polar surface area (TPSA) is 62.8 Å². The minimum atomic E-state index is -0.313. The van der Waals surface area contributed by atoms with Gasteiger partial charge in [-0.1, -0.05) is 35.9 Å². The number of aliphatic hydroxyl groups is 1. The zero-order valence-electron chi connectivity index (χ0n) is 15.9. The first-order valence-corrected chi connectivity index (χ1v) is 9.03. The maximum absolute atomic E-state index is 9.19. The Labute approximate surface area is 156 Å². The zero-order valence-corrected chi connectivity index (χ0v) is 15.9.